The van der Waals surface area contributed by atoms with Crippen molar-refractivity contribution in [1.29, 1.82) is 0 Å². The third-order valence-corrected chi connectivity index (χ3v) is 1.08. The molecule has 0 amide bonds. The van der Waals surface area contributed by atoms with Gasteiger partial charge in [0.15, 0.2) is 0 Å². The SMILES string of the molecule is C=CCN(C)/C=C/C=C\OC. The van der Waals surface area contributed by atoms with Crippen LogP contribution in [0, 0.1) is 0 Å². The van der Waals surface area contributed by atoms with Crippen molar-refractivity contribution in [3.63, 3.8) is 0 Å². The van der Waals surface area contributed by atoms with Crippen LogP contribution >= 0.6 is 0 Å². The molecule has 11 heavy (non-hydrogen) atoms. The van der Waals surface area contributed by atoms with E-state index in [0.29, 0.717) is 0 Å². The summed E-state index contributed by atoms with van der Waals surface area (Å²) in [5.74, 6) is 0. The number of rotatable bonds is 5. The summed E-state index contributed by atoms with van der Waals surface area (Å²) < 4.78 is 4.71. The average molecular weight is 153 g/mol. The Morgan fingerprint density at radius 1 is 1.45 bits per heavy atom. The molecule has 0 saturated heterocycles. The number of hydrogen-bond donors (Lipinski definition) is 0. The first-order valence-electron chi connectivity index (χ1n) is 3.48. The van der Waals surface area contributed by atoms with Gasteiger partial charge in [-0.1, -0.05) is 6.08 Å². The Kier molecular flexibility index (Phi) is 6.19. The highest BCUT2D eigenvalue weighted by Crippen LogP contribution is 1.85. The van der Waals surface area contributed by atoms with Gasteiger partial charge in [0.25, 0.3) is 0 Å². The molecule has 2 heteroatoms. The summed E-state index contributed by atoms with van der Waals surface area (Å²) in [4.78, 5) is 2.02. The first-order valence-corrected chi connectivity index (χ1v) is 3.48. The highest BCUT2D eigenvalue weighted by Gasteiger charge is 1.80. The molecule has 0 saturated carbocycles. The normalized spacial score (nSPS) is 10.7. The molecule has 0 aromatic heterocycles. The van der Waals surface area contributed by atoms with Gasteiger partial charge in [0.05, 0.1) is 13.4 Å². The first kappa shape index (κ1) is 9.82. The number of nitrogens with zero attached hydrogens (tertiary/aromatic N) is 1. The van der Waals surface area contributed by atoms with Gasteiger partial charge in [0.2, 0.25) is 0 Å². The van der Waals surface area contributed by atoms with E-state index in [0.717, 1.165) is 6.54 Å². The molecule has 0 atom stereocenters. The van der Waals surface area contributed by atoms with Gasteiger partial charge in [-0.15, -0.1) is 6.58 Å². The molecular formula is C9H15NO. The molecule has 0 rings (SSSR count). The molecule has 0 aromatic rings. The number of methoxy groups -OCH3 is 1. The standard InChI is InChI=1S/C9H15NO/c1-4-7-10(2)8-5-6-9-11-3/h4-6,8-9H,1,7H2,2-3H3/b8-5+,9-6-. The Morgan fingerprint density at radius 3 is 2.73 bits per heavy atom. The maximum atomic E-state index is 4.71. The zero-order chi connectivity index (χ0) is 8.53. The van der Waals surface area contributed by atoms with Crippen molar-refractivity contribution in [2.24, 2.45) is 0 Å². The van der Waals surface area contributed by atoms with Crippen LogP contribution in [0.5, 0.6) is 0 Å². The van der Waals surface area contributed by atoms with Gasteiger partial charge >= 0.3 is 0 Å². The van der Waals surface area contributed by atoms with Crippen molar-refractivity contribution in [2.75, 3.05) is 20.7 Å². The maximum Gasteiger partial charge on any atom is 0.0825 e. The van der Waals surface area contributed by atoms with Crippen LogP contribution in [0.4, 0.5) is 0 Å². The fourth-order valence-electron chi connectivity index (χ4n) is 0.585. The molecule has 0 radical (unpaired) electrons. The topological polar surface area (TPSA) is 12.5 Å². The van der Waals surface area contributed by atoms with E-state index in [1.165, 1.54) is 0 Å². The quantitative estimate of drug-likeness (QED) is 0.339. The molecule has 0 aliphatic carbocycles. The van der Waals surface area contributed by atoms with Crippen LogP contribution in [0.15, 0.2) is 37.3 Å². The van der Waals surface area contributed by atoms with Gasteiger partial charge in [-0.05, 0) is 18.4 Å². The van der Waals surface area contributed by atoms with E-state index in [2.05, 4.69) is 6.58 Å². The van der Waals surface area contributed by atoms with Crippen LogP contribution in [0.1, 0.15) is 0 Å². The Hall–Kier alpha value is -1.18. The van der Waals surface area contributed by atoms with Gasteiger partial charge in [-0.2, -0.15) is 0 Å². The van der Waals surface area contributed by atoms with E-state index in [4.69, 9.17) is 4.74 Å². The summed E-state index contributed by atoms with van der Waals surface area (Å²) >= 11 is 0. The number of allylic oxidation sites excluding steroid dienone is 2. The highest BCUT2D eigenvalue weighted by atomic mass is 16.5. The summed E-state index contributed by atoms with van der Waals surface area (Å²) in [6.45, 7) is 4.49. The Balaban J connectivity index is 3.54. The largest absolute Gasteiger partial charge is 0.504 e. The van der Waals surface area contributed by atoms with E-state index >= 15 is 0 Å². The molecule has 0 aliphatic heterocycles. The molecule has 62 valence electrons. The molecule has 0 fully saturated rings. The smallest absolute Gasteiger partial charge is 0.0825 e. The molecule has 0 spiro atoms. The zero-order valence-electron chi connectivity index (χ0n) is 7.16. The summed E-state index contributed by atoms with van der Waals surface area (Å²) in [5.41, 5.74) is 0. The molecule has 0 bridgehead atoms. The van der Waals surface area contributed by atoms with E-state index in [9.17, 15) is 0 Å². The molecule has 0 unspecified atom stereocenters. The molecule has 0 aromatic carbocycles. The third-order valence-electron chi connectivity index (χ3n) is 1.08. The fraction of sp³-hybridized carbons (Fsp3) is 0.333. The van der Waals surface area contributed by atoms with Crippen molar-refractivity contribution in [3.05, 3.63) is 37.3 Å². The van der Waals surface area contributed by atoms with E-state index in [-0.39, 0.29) is 0 Å². The highest BCUT2D eigenvalue weighted by molar-refractivity contribution is 4.99. The van der Waals surface area contributed by atoms with Gasteiger partial charge in [-0.25, -0.2) is 0 Å². The minimum atomic E-state index is 0.858. The van der Waals surface area contributed by atoms with Crippen LogP contribution in [0.25, 0.3) is 0 Å². The second kappa shape index (κ2) is 6.93. The lowest BCUT2D eigenvalue weighted by molar-refractivity contribution is 0.338. The minimum absolute atomic E-state index is 0.858. The van der Waals surface area contributed by atoms with E-state index in [1.54, 1.807) is 13.4 Å². The van der Waals surface area contributed by atoms with E-state index < -0.39 is 0 Å². The molecule has 0 heterocycles. The second-order valence-electron chi connectivity index (χ2n) is 2.13. The summed E-state index contributed by atoms with van der Waals surface area (Å²) in [6, 6.07) is 0. The lowest BCUT2D eigenvalue weighted by Crippen LogP contribution is -2.08. The summed E-state index contributed by atoms with van der Waals surface area (Å²) in [5, 5.41) is 0. The Labute approximate surface area is 68.5 Å². The van der Waals surface area contributed by atoms with E-state index in [1.807, 2.05) is 36.4 Å². The zero-order valence-corrected chi connectivity index (χ0v) is 7.16. The number of likely N-dealkylation sites (N-methyl/N-ethyl adjacent to an activating group) is 1. The summed E-state index contributed by atoms with van der Waals surface area (Å²) in [6.07, 6.45) is 9.17. The predicted molar refractivity (Wildman–Crippen MR) is 48.1 cm³/mol. The predicted octanol–water partition coefficient (Wildman–Crippen LogP) is 1.78. The van der Waals surface area contributed by atoms with Crippen molar-refractivity contribution in [3.8, 4) is 0 Å². The van der Waals surface area contributed by atoms with Gasteiger partial charge in [0.1, 0.15) is 0 Å². The van der Waals surface area contributed by atoms with Crippen molar-refractivity contribution < 1.29 is 4.74 Å². The number of hydrogen-bond acceptors (Lipinski definition) is 2. The van der Waals surface area contributed by atoms with Crippen LogP contribution in [0.3, 0.4) is 0 Å². The van der Waals surface area contributed by atoms with Crippen LogP contribution in [-0.2, 0) is 4.74 Å². The van der Waals surface area contributed by atoms with Crippen molar-refractivity contribution >= 4 is 0 Å². The summed E-state index contributed by atoms with van der Waals surface area (Å²) in [7, 11) is 3.61. The molecule has 0 N–H and O–H groups in total. The third kappa shape index (κ3) is 6.71. The van der Waals surface area contributed by atoms with Crippen LogP contribution < -0.4 is 0 Å². The van der Waals surface area contributed by atoms with Crippen molar-refractivity contribution in [2.45, 2.75) is 0 Å². The lowest BCUT2D eigenvalue weighted by atomic mass is 10.5. The second-order valence-corrected chi connectivity index (χ2v) is 2.13. The molecule has 2 nitrogen and oxygen atoms in total. The average Bonchev–Trinajstić information content (AvgIpc) is 1.99. The Bertz CT molecular complexity index is 150. The van der Waals surface area contributed by atoms with Gasteiger partial charge in [0, 0.05) is 13.6 Å². The van der Waals surface area contributed by atoms with Crippen LogP contribution in [-0.4, -0.2) is 25.6 Å². The lowest BCUT2D eigenvalue weighted by Gasteiger charge is -2.08. The fourth-order valence-corrected chi connectivity index (χ4v) is 0.585. The Morgan fingerprint density at radius 2 is 2.18 bits per heavy atom. The van der Waals surface area contributed by atoms with Gasteiger partial charge in [-0.3, -0.25) is 0 Å². The molecule has 0 aliphatic rings. The van der Waals surface area contributed by atoms with Crippen molar-refractivity contribution in [1.82, 2.24) is 4.90 Å². The van der Waals surface area contributed by atoms with Gasteiger partial charge < -0.3 is 9.64 Å². The monoisotopic (exact) mass is 153 g/mol. The minimum Gasteiger partial charge on any atom is -0.504 e. The number of ether oxygens (including phenoxy) is 1. The van der Waals surface area contributed by atoms with Crippen LogP contribution in [0.2, 0.25) is 0 Å². The first-order chi connectivity index (χ1) is 5.31. The molecular weight excluding hydrogens is 138 g/mol. The maximum absolute atomic E-state index is 4.71.